The zero-order chi connectivity index (χ0) is 21.3. The summed E-state index contributed by atoms with van der Waals surface area (Å²) in [6.45, 7) is 4.90. The SMILES string of the molecule is CCc1ccccc1NC(=O)[C@@H](C)Oc1cc(C(F)(F)F)c2c(C)nn(C)c2n1. The summed E-state index contributed by atoms with van der Waals surface area (Å²) < 4.78 is 47.4. The van der Waals surface area contributed by atoms with E-state index in [1.807, 2.05) is 19.1 Å². The number of rotatable bonds is 5. The minimum absolute atomic E-state index is 0.0382. The quantitative estimate of drug-likeness (QED) is 0.687. The van der Waals surface area contributed by atoms with Crippen LogP contribution in [0.1, 0.15) is 30.7 Å². The van der Waals surface area contributed by atoms with E-state index in [0.717, 1.165) is 18.1 Å². The van der Waals surface area contributed by atoms with Gasteiger partial charge in [-0.25, -0.2) is 0 Å². The van der Waals surface area contributed by atoms with Crippen LogP contribution in [0.4, 0.5) is 18.9 Å². The lowest BCUT2D eigenvalue weighted by Crippen LogP contribution is -2.31. The van der Waals surface area contributed by atoms with E-state index in [0.29, 0.717) is 5.69 Å². The van der Waals surface area contributed by atoms with Crippen molar-refractivity contribution in [3.05, 3.63) is 47.2 Å². The number of nitrogens with one attached hydrogen (secondary N) is 1. The Kier molecular flexibility index (Phi) is 5.50. The first-order chi connectivity index (χ1) is 13.6. The average molecular weight is 406 g/mol. The molecule has 0 radical (unpaired) electrons. The van der Waals surface area contributed by atoms with Crippen LogP contribution in [0, 0.1) is 6.92 Å². The van der Waals surface area contributed by atoms with Gasteiger partial charge < -0.3 is 10.1 Å². The summed E-state index contributed by atoms with van der Waals surface area (Å²) in [5, 5.41) is 6.68. The first-order valence-corrected chi connectivity index (χ1v) is 9.08. The van der Waals surface area contributed by atoms with Crippen LogP contribution < -0.4 is 10.1 Å². The molecule has 1 aromatic carbocycles. The minimum Gasteiger partial charge on any atom is -0.464 e. The molecule has 0 saturated carbocycles. The molecule has 0 fully saturated rings. The first kappa shape index (κ1) is 20.6. The van der Waals surface area contributed by atoms with E-state index in [4.69, 9.17) is 4.74 Å². The molecule has 0 aliphatic rings. The summed E-state index contributed by atoms with van der Waals surface area (Å²) in [7, 11) is 1.50. The van der Waals surface area contributed by atoms with Gasteiger partial charge in [-0.1, -0.05) is 25.1 Å². The first-order valence-electron chi connectivity index (χ1n) is 9.08. The molecule has 3 rings (SSSR count). The Morgan fingerprint density at radius 3 is 2.66 bits per heavy atom. The van der Waals surface area contributed by atoms with Crippen LogP contribution in [0.2, 0.25) is 0 Å². The summed E-state index contributed by atoms with van der Waals surface area (Å²) in [4.78, 5) is 16.6. The Morgan fingerprint density at radius 1 is 1.31 bits per heavy atom. The van der Waals surface area contributed by atoms with Crippen molar-refractivity contribution in [2.24, 2.45) is 7.05 Å². The van der Waals surface area contributed by atoms with Gasteiger partial charge in [-0.3, -0.25) is 9.48 Å². The number of carbonyl (C=O) groups is 1. The molecule has 1 atom stereocenters. The summed E-state index contributed by atoms with van der Waals surface area (Å²) in [5.41, 5.74) is 0.938. The molecule has 0 bridgehead atoms. The van der Waals surface area contributed by atoms with Gasteiger partial charge in [0.1, 0.15) is 0 Å². The molecule has 29 heavy (non-hydrogen) atoms. The molecule has 1 amide bonds. The molecule has 3 aromatic rings. The number of aromatic nitrogens is 3. The van der Waals surface area contributed by atoms with Gasteiger partial charge in [0.05, 0.1) is 16.6 Å². The van der Waals surface area contributed by atoms with Crippen molar-refractivity contribution in [2.75, 3.05) is 5.32 Å². The third-order valence-corrected chi connectivity index (χ3v) is 4.57. The summed E-state index contributed by atoms with van der Waals surface area (Å²) in [6, 6.07) is 8.10. The van der Waals surface area contributed by atoms with E-state index in [2.05, 4.69) is 15.4 Å². The molecule has 0 unspecified atom stereocenters. The van der Waals surface area contributed by atoms with Crippen LogP contribution in [0.15, 0.2) is 30.3 Å². The molecule has 154 valence electrons. The number of aryl methyl sites for hydroxylation is 3. The molecule has 0 aliphatic carbocycles. The third kappa shape index (κ3) is 4.18. The van der Waals surface area contributed by atoms with Crippen LogP contribution in [-0.2, 0) is 24.4 Å². The van der Waals surface area contributed by atoms with Crippen molar-refractivity contribution >= 4 is 22.6 Å². The number of nitrogens with zero attached hydrogens (tertiary/aromatic N) is 3. The number of anilines is 1. The predicted molar refractivity (Wildman–Crippen MR) is 103 cm³/mol. The standard InChI is InChI=1S/C20H21F3N4O2/c1-5-13-8-6-7-9-15(13)24-19(28)12(3)29-16-10-14(20(21,22)23)17-11(2)26-27(4)18(17)25-16/h6-10,12H,5H2,1-4H3,(H,24,28)/t12-/m1/s1. The van der Waals surface area contributed by atoms with Crippen molar-refractivity contribution in [1.29, 1.82) is 0 Å². The van der Waals surface area contributed by atoms with Crippen molar-refractivity contribution in [3.63, 3.8) is 0 Å². The highest BCUT2D eigenvalue weighted by molar-refractivity contribution is 5.94. The molecule has 1 N–H and O–H groups in total. The Morgan fingerprint density at radius 2 is 2.00 bits per heavy atom. The molecule has 9 heteroatoms. The van der Waals surface area contributed by atoms with E-state index >= 15 is 0 Å². The van der Waals surface area contributed by atoms with Gasteiger partial charge in [0.25, 0.3) is 5.91 Å². The maximum atomic E-state index is 13.6. The van der Waals surface area contributed by atoms with Crippen LogP contribution in [0.5, 0.6) is 5.88 Å². The highest BCUT2D eigenvalue weighted by Gasteiger charge is 2.36. The lowest BCUT2D eigenvalue weighted by molar-refractivity contribution is -0.136. The Balaban J connectivity index is 1.89. The molecular weight excluding hydrogens is 385 g/mol. The second-order valence-corrected chi connectivity index (χ2v) is 6.67. The normalized spacial score (nSPS) is 12.8. The van der Waals surface area contributed by atoms with Crippen LogP contribution >= 0.6 is 0 Å². The van der Waals surface area contributed by atoms with Crippen molar-refractivity contribution in [1.82, 2.24) is 14.8 Å². The molecule has 0 spiro atoms. The molecule has 0 aliphatic heterocycles. The Labute approximate surface area is 165 Å². The fourth-order valence-electron chi connectivity index (χ4n) is 3.13. The highest BCUT2D eigenvalue weighted by Crippen LogP contribution is 2.37. The van der Waals surface area contributed by atoms with Crippen molar-refractivity contribution in [2.45, 2.75) is 39.5 Å². The highest BCUT2D eigenvalue weighted by atomic mass is 19.4. The number of amides is 1. The summed E-state index contributed by atoms with van der Waals surface area (Å²) >= 11 is 0. The van der Waals surface area contributed by atoms with Crippen LogP contribution in [0.3, 0.4) is 0 Å². The number of pyridine rings is 1. The Bertz CT molecular complexity index is 1060. The molecular formula is C20H21F3N4O2. The summed E-state index contributed by atoms with van der Waals surface area (Å²) in [5.74, 6) is -0.776. The van der Waals surface area contributed by atoms with Gasteiger partial charge in [-0.2, -0.15) is 23.3 Å². The van der Waals surface area contributed by atoms with Crippen LogP contribution in [0.25, 0.3) is 11.0 Å². The van der Waals surface area contributed by atoms with Gasteiger partial charge in [0.2, 0.25) is 5.88 Å². The molecule has 2 heterocycles. The second-order valence-electron chi connectivity index (χ2n) is 6.67. The van der Waals surface area contributed by atoms with Crippen molar-refractivity contribution < 1.29 is 22.7 Å². The van der Waals surface area contributed by atoms with E-state index in [1.54, 1.807) is 12.1 Å². The fourth-order valence-corrected chi connectivity index (χ4v) is 3.13. The van der Waals surface area contributed by atoms with Crippen molar-refractivity contribution in [3.8, 4) is 5.88 Å². The molecule has 2 aromatic heterocycles. The lowest BCUT2D eigenvalue weighted by Gasteiger charge is -2.17. The fraction of sp³-hybridized carbons (Fsp3) is 0.350. The maximum absolute atomic E-state index is 13.6. The van der Waals surface area contributed by atoms with Crippen LogP contribution in [-0.4, -0.2) is 26.8 Å². The molecule has 0 saturated heterocycles. The number of fused-ring (bicyclic) bond motifs is 1. The number of hydrogen-bond acceptors (Lipinski definition) is 4. The van der Waals surface area contributed by atoms with Gasteiger partial charge >= 0.3 is 6.18 Å². The number of hydrogen-bond donors (Lipinski definition) is 1. The number of para-hydroxylation sites is 1. The number of benzene rings is 1. The summed E-state index contributed by atoms with van der Waals surface area (Å²) in [6.07, 6.45) is -4.95. The van der Waals surface area contributed by atoms with E-state index < -0.39 is 23.8 Å². The second kappa shape index (κ2) is 7.73. The lowest BCUT2D eigenvalue weighted by atomic mass is 10.1. The van der Waals surface area contributed by atoms with Gasteiger partial charge in [-0.05, 0) is 31.9 Å². The minimum atomic E-state index is -4.61. The van der Waals surface area contributed by atoms with Gasteiger partial charge in [0.15, 0.2) is 11.8 Å². The number of ether oxygens (including phenoxy) is 1. The number of alkyl halides is 3. The Hall–Kier alpha value is -3.10. The zero-order valence-electron chi connectivity index (χ0n) is 16.5. The predicted octanol–water partition coefficient (Wildman–Crippen LogP) is 4.26. The maximum Gasteiger partial charge on any atom is 0.417 e. The number of halogens is 3. The van der Waals surface area contributed by atoms with Gasteiger partial charge in [0, 0.05) is 18.8 Å². The van der Waals surface area contributed by atoms with E-state index in [1.165, 1.54) is 25.6 Å². The monoisotopic (exact) mass is 406 g/mol. The third-order valence-electron chi connectivity index (χ3n) is 4.57. The zero-order valence-corrected chi connectivity index (χ0v) is 16.5. The van der Waals surface area contributed by atoms with Gasteiger partial charge in [-0.15, -0.1) is 0 Å². The van der Waals surface area contributed by atoms with E-state index in [-0.39, 0.29) is 22.6 Å². The average Bonchev–Trinajstić information content (AvgIpc) is 2.94. The number of carbonyl (C=O) groups excluding carboxylic acids is 1. The topological polar surface area (TPSA) is 69.0 Å². The van der Waals surface area contributed by atoms with E-state index in [9.17, 15) is 18.0 Å². The largest absolute Gasteiger partial charge is 0.464 e. The molecule has 6 nitrogen and oxygen atoms in total. The smallest absolute Gasteiger partial charge is 0.417 e.